The van der Waals surface area contributed by atoms with Gasteiger partial charge in [0.05, 0.1) is 7.11 Å². The molecule has 0 saturated heterocycles. The van der Waals surface area contributed by atoms with Gasteiger partial charge in [0.15, 0.2) is 0 Å². The number of ether oxygens (including phenoxy) is 1. The molecule has 0 heterocycles. The molecule has 2 aromatic rings. The Labute approximate surface area is 171 Å². The van der Waals surface area contributed by atoms with E-state index >= 15 is 0 Å². The van der Waals surface area contributed by atoms with Crippen LogP contribution in [-0.2, 0) is 11.2 Å². The van der Waals surface area contributed by atoms with Crippen LogP contribution >= 0.6 is 11.8 Å². The van der Waals surface area contributed by atoms with Gasteiger partial charge in [-0.1, -0.05) is 61.4 Å². The Morgan fingerprint density at radius 1 is 1.07 bits per heavy atom. The first kappa shape index (κ1) is 20.5. The van der Waals surface area contributed by atoms with Crippen LogP contribution in [0.4, 0.5) is 0 Å². The van der Waals surface area contributed by atoms with Gasteiger partial charge in [-0.3, -0.25) is 9.59 Å². The maximum atomic E-state index is 13.1. The van der Waals surface area contributed by atoms with Gasteiger partial charge >= 0.3 is 0 Å². The smallest absolute Gasteiger partial charge is 0.251 e. The first-order valence-corrected chi connectivity index (χ1v) is 10.7. The molecule has 1 aliphatic rings. The quantitative estimate of drug-likeness (QED) is 0.740. The van der Waals surface area contributed by atoms with Crippen LogP contribution in [0.3, 0.4) is 0 Å². The van der Waals surface area contributed by atoms with Crippen LogP contribution < -0.4 is 10.1 Å². The van der Waals surface area contributed by atoms with E-state index in [0.717, 1.165) is 24.2 Å². The Balaban J connectivity index is 1.73. The SMILES string of the molecule is COc1cccc(C[C@@H](NC(=O)c2ccccc2)C(=O)SC2CCCCC2)c1. The molecule has 4 nitrogen and oxygen atoms in total. The predicted molar refractivity (Wildman–Crippen MR) is 114 cm³/mol. The largest absolute Gasteiger partial charge is 0.497 e. The van der Waals surface area contributed by atoms with Crippen LogP contribution in [0, 0.1) is 0 Å². The van der Waals surface area contributed by atoms with E-state index in [1.54, 1.807) is 19.2 Å². The summed E-state index contributed by atoms with van der Waals surface area (Å²) in [6.07, 6.45) is 6.23. The molecule has 0 unspecified atom stereocenters. The van der Waals surface area contributed by atoms with Gasteiger partial charge in [0, 0.05) is 17.2 Å². The lowest BCUT2D eigenvalue weighted by molar-refractivity contribution is -0.112. The van der Waals surface area contributed by atoms with Crippen molar-refractivity contribution < 1.29 is 14.3 Å². The maximum Gasteiger partial charge on any atom is 0.251 e. The van der Waals surface area contributed by atoms with Crippen LogP contribution in [0.15, 0.2) is 54.6 Å². The van der Waals surface area contributed by atoms with Crippen molar-refractivity contribution in [3.05, 3.63) is 65.7 Å². The summed E-state index contributed by atoms with van der Waals surface area (Å²) in [6, 6.07) is 16.1. The monoisotopic (exact) mass is 397 g/mol. The molecule has 148 valence electrons. The van der Waals surface area contributed by atoms with Gasteiger partial charge in [-0.2, -0.15) is 0 Å². The molecule has 1 atom stereocenters. The molecule has 3 rings (SSSR count). The molecule has 1 N–H and O–H groups in total. The number of hydrogen-bond acceptors (Lipinski definition) is 4. The number of carbonyl (C=O) groups is 2. The van der Waals surface area contributed by atoms with Gasteiger partial charge < -0.3 is 10.1 Å². The van der Waals surface area contributed by atoms with Crippen LogP contribution in [0.1, 0.15) is 48.0 Å². The molecule has 2 aromatic carbocycles. The van der Waals surface area contributed by atoms with E-state index in [2.05, 4.69) is 5.32 Å². The molecule has 0 spiro atoms. The van der Waals surface area contributed by atoms with Crippen LogP contribution in [0.25, 0.3) is 0 Å². The van der Waals surface area contributed by atoms with Crippen molar-refractivity contribution in [3.8, 4) is 5.75 Å². The van der Waals surface area contributed by atoms with Gasteiger partial charge in [-0.25, -0.2) is 0 Å². The zero-order chi connectivity index (χ0) is 19.8. The van der Waals surface area contributed by atoms with Crippen molar-refractivity contribution >= 4 is 22.8 Å². The van der Waals surface area contributed by atoms with Crippen LogP contribution in [0.5, 0.6) is 5.75 Å². The van der Waals surface area contributed by atoms with Gasteiger partial charge in [0.2, 0.25) is 5.12 Å². The van der Waals surface area contributed by atoms with Crippen LogP contribution in [0.2, 0.25) is 0 Å². The first-order chi connectivity index (χ1) is 13.7. The summed E-state index contributed by atoms with van der Waals surface area (Å²) in [5.41, 5.74) is 1.53. The standard InChI is InChI=1S/C23H27NO3S/c1-27-19-12-8-9-17(15-19)16-21(23(26)28-20-13-6-3-7-14-20)24-22(25)18-10-4-2-5-11-18/h2,4-5,8-12,15,20-21H,3,6-7,13-14,16H2,1H3,(H,24,25)/t21-/m1/s1. The molecule has 1 aliphatic carbocycles. The number of amides is 1. The van der Waals surface area contributed by atoms with E-state index in [1.807, 2.05) is 42.5 Å². The highest BCUT2D eigenvalue weighted by molar-refractivity contribution is 8.14. The second-order valence-electron chi connectivity index (χ2n) is 7.14. The van der Waals surface area contributed by atoms with E-state index in [4.69, 9.17) is 4.74 Å². The summed E-state index contributed by atoms with van der Waals surface area (Å²) >= 11 is 1.41. The normalized spacial score (nSPS) is 15.6. The van der Waals surface area contributed by atoms with Gasteiger partial charge in [0.1, 0.15) is 11.8 Å². The fraction of sp³-hybridized carbons (Fsp3) is 0.391. The summed E-state index contributed by atoms with van der Waals surface area (Å²) < 4.78 is 5.29. The van der Waals surface area contributed by atoms with Crippen molar-refractivity contribution in [2.45, 2.75) is 49.8 Å². The highest BCUT2D eigenvalue weighted by Crippen LogP contribution is 2.30. The molecular weight excluding hydrogens is 370 g/mol. The predicted octanol–water partition coefficient (Wildman–Crippen LogP) is 4.63. The molecule has 1 saturated carbocycles. The zero-order valence-electron chi connectivity index (χ0n) is 16.2. The van der Waals surface area contributed by atoms with E-state index in [0.29, 0.717) is 17.2 Å². The molecule has 1 fully saturated rings. The molecule has 0 bridgehead atoms. The Hall–Kier alpha value is -2.27. The summed E-state index contributed by atoms with van der Waals surface area (Å²) in [4.78, 5) is 25.7. The van der Waals surface area contributed by atoms with Gasteiger partial charge in [0.25, 0.3) is 5.91 Å². The second kappa shape index (κ2) is 10.3. The third-order valence-electron chi connectivity index (χ3n) is 5.03. The molecule has 0 aliphatic heterocycles. The number of methoxy groups -OCH3 is 1. The van der Waals surface area contributed by atoms with E-state index in [9.17, 15) is 9.59 Å². The highest BCUT2D eigenvalue weighted by atomic mass is 32.2. The summed E-state index contributed by atoms with van der Waals surface area (Å²) in [6.45, 7) is 0. The maximum absolute atomic E-state index is 13.1. The summed E-state index contributed by atoms with van der Waals surface area (Å²) in [7, 11) is 1.62. The third kappa shape index (κ3) is 5.86. The average Bonchev–Trinajstić information content (AvgIpc) is 2.74. The second-order valence-corrected chi connectivity index (χ2v) is 8.45. The Morgan fingerprint density at radius 3 is 2.54 bits per heavy atom. The molecular formula is C23H27NO3S. The average molecular weight is 398 g/mol. The molecule has 0 radical (unpaired) electrons. The lowest BCUT2D eigenvalue weighted by Gasteiger charge is -2.23. The zero-order valence-corrected chi connectivity index (χ0v) is 17.0. The number of carbonyl (C=O) groups excluding carboxylic acids is 2. The lowest BCUT2D eigenvalue weighted by atomic mass is 10.0. The third-order valence-corrected chi connectivity index (χ3v) is 6.36. The number of benzene rings is 2. The minimum absolute atomic E-state index is 0.0407. The van der Waals surface area contributed by atoms with E-state index < -0.39 is 6.04 Å². The Morgan fingerprint density at radius 2 is 1.82 bits per heavy atom. The first-order valence-electron chi connectivity index (χ1n) is 9.85. The Bertz CT molecular complexity index is 787. The molecule has 28 heavy (non-hydrogen) atoms. The Kier molecular flexibility index (Phi) is 7.54. The minimum Gasteiger partial charge on any atom is -0.497 e. The summed E-state index contributed by atoms with van der Waals surface area (Å²) in [5, 5.41) is 3.36. The number of thioether (sulfide) groups is 1. The van der Waals surface area contributed by atoms with Gasteiger partial charge in [-0.15, -0.1) is 0 Å². The van der Waals surface area contributed by atoms with Crippen molar-refractivity contribution in [2.75, 3.05) is 7.11 Å². The van der Waals surface area contributed by atoms with Crippen molar-refractivity contribution in [1.82, 2.24) is 5.32 Å². The number of hydrogen-bond donors (Lipinski definition) is 1. The van der Waals surface area contributed by atoms with Crippen molar-refractivity contribution in [3.63, 3.8) is 0 Å². The van der Waals surface area contributed by atoms with E-state index in [-0.39, 0.29) is 11.0 Å². The summed E-state index contributed by atoms with van der Waals surface area (Å²) in [5.74, 6) is 0.532. The lowest BCUT2D eigenvalue weighted by Crippen LogP contribution is -2.42. The van der Waals surface area contributed by atoms with E-state index in [1.165, 1.54) is 31.0 Å². The topological polar surface area (TPSA) is 55.4 Å². The van der Waals surface area contributed by atoms with Crippen molar-refractivity contribution in [1.29, 1.82) is 0 Å². The number of nitrogens with one attached hydrogen (secondary N) is 1. The fourth-order valence-corrected chi connectivity index (χ4v) is 4.69. The molecule has 0 aromatic heterocycles. The molecule has 5 heteroatoms. The minimum atomic E-state index is -0.563. The van der Waals surface area contributed by atoms with Gasteiger partial charge in [-0.05, 0) is 42.7 Å². The van der Waals surface area contributed by atoms with Crippen LogP contribution in [-0.4, -0.2) is 29.4 Å². The molecule has 1 amide bonds. The number of rotatable bonds is 7. The fourth-order valence-electron chi connectivity index (χ4n) is 3.49. The van der Waals surface area contributed by atoms with Crippen molar-refractivity contribution in [2.24, 2.45) is 0 Å². The highest BCUT2D eigenvalue weighted by Gasteiger charge is 2.26.